The fourth-order valence-corrected chi connectivity index (χ4v) is 4.49. The summed E-state index contributed by atoms with van der Waals surface area (Å²) in [6.07, 6.45) is -1.93. The number of aromatic carboxylic acids is 3. The molecule has 0 bridgehead atoms. The van der Waals surface area contributed by atoms with Gasteiger partial charge in [-0.1, -0.05) is 36.4 Å². The second-order valence-corrected chi connectivity index (χ2v) is 7.31. The van der Waals surface area contributed by atoms with Crippen molar-refractivity contribution in [2.24, 2.45) is 0 Å². The number of aliphatic hydroxyl groups is 2. The van der Waals surface area contributed by atoms with Crippen LogP contribution in [0.25, 0.3) is 43.1 Å². The van der Waals surface area contributed by atoms with Gasteiger partial charge in [-0.2, -0.15) is 0 Å². The van der Waals surface area contributed by atoms with Crippen LogP contribution < -0.4 is 0 Å². The molecule has 156 valence electrons. The van der Waals surface area contributed by atoms with Crippen molar-refractivity contribution in [2.45, 2.75) is 6.29 Å². The zero-order chi connectivity index (χ0) is 22.9. The molecule has 0 aliphatic rings. The molecule has 0 heterocycles. The zero-order valence-corrected chi connectivity index (χ0v) is 16.0. The molecule has 0 radical (unpaired) electrons. The van der Waals surface area contributed by atoms with E-state index in [-0.39, 0.29) is 33.0 Å². The summed E-state index contributed by atoms with van der Waals surface area (Å²) in [7, 11) is 0. The molecular formula is C24H12O8. The highest BCUT2D eigenvalue weighted by atomic mass is 16.5. The Labute approximate surface area is 178 Å². The molecule has 0 fully saturated rings. The van der Waals surface area contributed by atoms with E-state index in [1.807, 2.05) is 0 Å². The van der Waals surface area contributed by atoms with Gasteiger partial charge in [0.25, 0.3) is 0 Å². The van der Waals surface area contributed by atoms with E-state index in [0.29, 0.717) is 32.3 Å². The van der Waals surface area contributed by atoms with Crippen molar-refractivity contribution in [1.29, 1.82) is 0 Å². The summed E-state index contributed by atoms with van der Waals surface area (Å²) in [5, 5.41) is 51.4. The van der Waals surface area contributed by atoms with Crippen molar-refractivity contribution in [3.05, 3.63) is 70.8 Å². The van der Waals surface area contributed by atoms with Crippen LogP contribution in [-0.2, 0) is 0 Å². The maximum Gasteiger partial charge on any atom is 0.344 e. The summed E-state index contributed by atoms with van der Waals surface area (Å²) in [5.74, 6) is -3.92. The fourth-order valence-electron chi connectivity index (χ4n) is 4.49. The molecule has 0 aromatic heterocycles. The minimum Gasteiger partial charge on any atom is -0.478 e. The zero-order valence-electron chi connectivity index (χ0n) is 16.0. The Kier molecular flexibility index (Phi) is 3.98. The van der Waals surface area contributed by atoms with E-state index in [0.717, 1.165) is 0 Å². The van der Waals surface area contributed by atoms with Gasteiger partial charge in [-0.25, -0.2) is 14.4 Å². The van der Waals surface area contributed by atoms with Crippen LogP contribution in [0, 0.1) is 12.1 Å². The van der Waals surface area contributed by atoms with E-state index in [1.54, 1.807) is 6.07 Å². The topological polar surface area (TPSA) is 152 Å². The van der Waals surface area contributed by atoms with Gasteiger partial charge in [0.1, 0.15) is 5.56 Å². The van der Waals surface area contributed by atoms with Crippen LogP contribution in [0.2, 0.25) is 0 Å². The Bertz CT molecular complexity index is 1560. The van der Waals surface area contributed by atoms with E-state index in [4.69, 9.17) is 0 Å². The molecule has 32 heavy (non-hydrogen) atoms. The van der Waals surface area contributed by atoms with E-state index >= 15 is 0 Å². The number of fused-ring (bicyclic) bond motifs is 2. The van der Waals surface area contributed by atoms with Gasteiger partial charge in [0, 0.05) is 27.1 Å². The maximum absolute atomic E-state index is 11.9. The summed E-state index contributed by atoms with van der Waals surface area (Å²) in [4.78, 5) is 35.6. The average Bonchev–Trinajstić information content (AvgIpc) is 2.75. The van der Waals surface area contributed by atoms with Crippen molar-refractivity contribution in [1.82, 2.24) is 0 Å². The second kappa shape index (κ2) is 6.52. The lowest BCUT2D eigenvalue weighted by atomic mass is 9.85. The number of hydrogen-bond acceptors (Lipinski definition) is 5. The Morgan fingerprint density at radius 1 is 0.625 bits per heavy atom. The molecule has 5 rings (SSSR count). The van der Waals surface area contributed by atoms with Gasteiger partial charge in [0.15, 0.2) is 6.29 Å². The molecule has 8 heteroatoms. The second-order valence-electron chi connectivity index (χ2n) is 7.31. The number of benzene rings is 4. The highest BCUT2D eigenvalue weighted by Gasteiger charge is 2.25. The van der Waals surface area contributed by atoms with Gasteiger partial charge in [-0.3, -0.25) is 0 Å². The number of carboxylic acid groups (broad SMARTS) is 3. The molecule has 5 N–H and O–H groups in total. The standard InChI is InChI=1S/C24H12O8/c25-21(26)13-5-1-9-10-2-6-15(23(29)30)20-16(24(31)32)8-4-12(18(10)20)11-3-7-14(22(27)28)19(13)17(9)11/h1-3,5-7,22,27-28H,(H,25,26)(H,29,30)(H,31,32). The number of hydrogen-bond donors (Lipinski definition) is 5. The molecule has 0 unspecified atom stereocenters. The van der Waals surface area contributed by atoms with Crippen LogP contribution in [-0.4, -0.2) is 43.4 Å². The number of aliphatic hydroxyl groups excluding tert-OH is 1. The maximum atomic E-state index is 11.9. The number of carbonyl (C=O) groups is 3. The first-order valence-corrected chi connectivity index (χ1v) is 9.32. The van der Waals surface area contributed by atoms with E-state index in [9.17, 15) is 39.9 Å². The SMILES string of the molecule is O=C(O)c1c#cc2c3ccc(C(O)O)c4c(C(=O)O)ccc(c5ccc(C(=O)O)c1c25)c43. The van der Waals surface area contributed by atoms with Crippen molar-refractivity contribution < 1.29 is 39.9 Å². The monoisotopic (exact) mass is 428 g/mol. The Morgan fingerprint density at radius 3 is 1.75 bits per heavy atom. The van der Waals surface area contributed by atoms with E-state index in [1.165, 1.54) is 30.3 Å². The molecule has 0 spiro atoms. The van der Waals surface area contributed by atoms with E-state index < -0.39 is 24.2 Å². The summed E-state index contributed by atoms with van der Waals surface area (Å²) >= 11 is 0. The third-order valence-corrected chi connectivity index (χ3v) is 5.72. The van der Waals surface area contributed by atoms with Crippen molar-refractivity contribution in [3.63, 3.8) is 0 Å². The number of rotatable bonds is 4. The molecule has 0 atom stereocenters. The smallest absolute Gasteiger partial charge is 0.344 e. The van der Waals surface area contributed by atoms with Crippen molar-refractivity contribution in [3.8, 4) is 0 Å². The predicted molar refractivity (Wildman–Crippen MR) is 113 cm³/mol. The Morgan fingerprint density at radius 2 is 1.19 bits per heavy atom. The Hall–Kier alpha value is -4.45. The number of carboxylic acids is 3. The lowest BCUT2D eigenvalue weighted by molar-refractivity contribution is -0.0413. The van der Waals surface area contributed by atoms with E-state index in [2.05, 4.69) is 12.1 Å². The molecular weight excluding hydrogens is 416 g/mol. The summed E-state index contributed by atoms with van der Waals surface area (Å²) in [5.41, 5.74) is -0.693. The van der Waals surface area contributed by atoms with Crippen molar-refractivity contribution >= 4 is 61.0 Å². The van der Waals surface area contributed by atoms with Crippen LogP contribution in [0.3, 0.4) is 0 Å². The van der Waals surface area contributed by atoms with Crippen LogP contribution in [0.4, 0.5) is 0 Å². The normalized spacial score (nSPS) is 11.6. The first kappa shape index (κ1) is 19.5. The van der Waals surface area contributed by atoms with Crippen LogP contribution in [0.15, 0.2) is 36.4 Å². The van der Waals surface area contributed by atoms with Gasteiger partial charge in [-0.05, 0) is 33.7 Å². The minimum atomic E-state index is -1.93. The fraction of sp³-hybridized carbons (Fsp3) is 0.0417. The largest absolute Gasteiger partial charge is 0.478 e. The van der Waals surface area contributed by atoms with Crippen molar-refractivity contribution in [2.75, 3.05) is 0 Å². The summed E-state index contributed by atoms with van der Waals surface area (Å²) in [6, 6.07) is 13.9. The van der Waals surface area contributed by atoms with Gasteiger partial charge in [0.2, 0.25) is 0 Å². The van der Waals surface area contributed by atoms with Crippen LogP contribution in [0.1, 0.15) is 42.9 Å². The lowest BCUT2D eigenvalue weighted by Crippen LogP contribution is -2.06. The first-order valence-electron chi connectivity index (χ1n) is 9.32. The van der Waals surface area contributed by atoms with Crippen LogP contribution >= 0.6 is 0 Å². The lowest BCUT2D eigenvalue weighted by Gasteiger charge is -2.18. The predicted octanol–water partition coefficient (Wildman–Crippen LogP) is 3.42. The Balaban J connectivity index is 2.15. The average molecular weight is 428 g/mol. The molecule has 5 aromatic carbocycles. The molecule has 8 nitrogen and oxygen atoms in total. The molecule has 0 amide bonds. The van der Waals surface area contributed by atoms with Gasteiger partial charge in [-0.15, -0.1) is 0 Å². The third kappa shape index (κ3) is 2.43. The minimum absolute atomic E-state index is 0.00372. The van der Waals surface area contributed by atoms with Gasteiger partial charge in [0.05, 0.1) is 11.1 Å². The highest BCUT2D eigenvalue weighted by Crippen LogP contribution is 2.43. The third-order valence-electron chi connectivity index (χ3n) is 5.72. The van der Waals surface area contributed by atoms with Gasteiger partial charge < -0.3 is 25.5 Å². The molecule has 0 aliphatic heterocycles. The molecule has 0 saturated heterocycles. The highest BCUT2D eigenvalue weighted by molar-refractivity contribution is 6.36. The van der Waals surface area contributed by atoms with Gasteiger partial charge >= 0.3 is 17.9 Å². The molecule has 5 aromatic rings. The summed E-state index contributed by atoms with van der Waals surface area (Å²) in [6.45, 7) is 0. The molecule has 0 saturated carbocycles. The molecule has 0 aliphatic carbocycles. The summed E-state index contributed by atoms with van der Waals surface area (Å²) < 4.78 is 0. The van der Waals surface area contributed by atoms with Crippen LogP contribution in [0.5, 0.6) is 0 Å². The quantitative estimate of drug-likeness (QED) is 0.166. The first-order chi connectivity index (χ1) is 15.2.